The third kappa shape index (κ3) is 2.70. The molecule has 1 aliphatic rings. The number of rotatable bonds is 3. The molecule has 0 bridgehead atoms. The number of carbonyl (C=O) groups is 2. The summed E-state index contributed by atoms with van der Waals surface area (Å²) >= 11 is 0. The summed E-state index contributed by atoms with van der Waals surface area (Å²) in [5.41, 5.74) is 11.6. The van der Waals surface area contributed by atoms with Gasteiger partial charge >= 0.3 is 0 Å². The first-order valence-electron chi connectivity index (χ1n) is 4.95. The van der Waals surface area contributed by atoms with Gasteiger partial charge < -0.3 is 11.5 Å². The Balaban J connectivity index is 3.29. The van der Waals surface area contributed by atoms with E-state index in [0.29, 0.717) is 0 Å². The second-order valence-electron chi connectivity index (χ2n) is 3.35. The summed E-state index contributed by atoms with van der Waals surface area (Å²) in [7, 11) is 0. The molecule has 1 rings (SSSR count). The molecule has 2 amide bonds. The van der Waals surface area contributed by atoms with Crippen molar-refractivity contribution >= 4 is 11.8 Å². The fourth-order valence-corrected chi connectivity index (χ4v) is 1.37. The number of carbonyl (C=O) groups excluding carboxylic acids is 2. The molecule has 4 N–H and O–H groups in total. The highest BCUT2D eigenvalue weighted by atomic mass is 16.2. The lowest BCUT2D eigenvalue weighted by Gasteiger charge is -2.07. The first-order chi connectivity index (χ1) is 7.56. The minimum absolute atomic E-state index is 0.141. The molecular weight excluding hydrogens is 204 g/mol. The van der Waals surface area contributed by atoms with Crippen LogP contribution < -0.4 is 11.5 Å². The molecule has 16 heavy (non-hydrogen) atoms. The minimum atomic E-state index is -0.660. The van der Waals surface area contributed by atoms with E-state index in [9.17, 15) is 9.59 Å². The second kappa shape index (κ2) is 5.11. The van der Waals surface area contributed by atoms with Crippen molar-refractivity contribution in [2.75, 3.05) is 0 Å². The van der Waals surface area contributed by atoms with E-state index in [1.54, 1.807) is 18.2 Å². The molecule has 1 aliphatic carbocycles. The van der Waals surface area contributed by atoms with Crippen LogP contribution in [-0.4, -0.2) is 11.8 Å². The van der Waals surface area contributed by atoms with Crippen molar-refractivity contribution in [1.82, 2.24) is 0 Å². The van der Waals surface area contributed by atoms with E-state index in [0.717, 1.165) is 12.0 Å². The molecule has 4 heteroatoms. The number of amides is 2. The van der Waals surface area contributed by atoms with Gasteiger partial charge in [0.2, 0.25) is 11.8 Å². The lowest BCUT2D eigenvalue weighted by molar-refractivity contribution is -0.117. The number of allylic oxidation sites excluding steroid dienone is 6. The van der Waals surface area contributed by atoms with Gasteiger partial charge in [0.1, 0.15) is 0 Å². The molecule has 4 nitrogen and oxygen atoms in total. The standard InChI is InChI=1S/C12H14N2O2/c1-2-8-5-3-4-6-9(11(13)15)10(7-8)12(14)16/h3-7H,2H2,1H3,(H2,13,15)(H2,14,16)/b4-3-,5-3?,6-4?,8-5-,8-7?,9-6+,10-7+,10-9?. The van der Waals surface area contributed by atoms with Crippen LogP contribution in [0.3, 0.4) is 0 Å². The van der Waals surface area contributed by atoms with Gasteiger partial charge in [-0.15, -0.1) is 0 Å². The van der Waals surface area contributed by atoms with Crippen molar-refractivity contribution in [3.05, 3.63) is 47.1 Å². The SMILES string of the molecule is CCC1=C/C=C\C=C(C(N)=O)/C(C(N)=O)=C\1. The van der Waals surface area contributed by atoms with Gasteiger partial charge in [-0.25, -0.2) is 0 Å². The highest BCUT2D eigenvalue weighted by Crippen LogP contribution is 2.16. The molecule has 0 atom stereocenters. The fourth-order valence-electron chi connectivity index (χ4n) is 1.37. The van der Waals surface area contributed by atoms with Crippen molar-refractivity contribution < 1.29 is 9.59 Å². The average molecular weight is 218 g/mol. The Kier molecular flexibility index (Phi) is 3.83. The second-order valence-corrected chi connectivity index (χ2v) is 3.35. The lowest BCUT2D eigenvalue weighted by Crippen LogP contribution is -2.24. The van der Waals surface area contributed by atoms with Gasteiger partial charge in [0.25, 0.3) is 0 Å². The zero-order valence-corrected chi connectivity index (χ0v) is 9.07. The Bertz CT molecular complexity index is 440. The molecular formula is C12H14N2O2. The van der Waals surface area contributed by atoms with Crippen LogP contribution in [0.2, 0.25) is 0 Å². The Labute approximate surface area is 94.0 Å². The molecule has 0 radical (unpaired) electrons. The predicted molar refractivity (Wildman–Crippen MR) is 62.1 cm³/mol. The van der Waals surface area contributed by atoms with E-state index in [4.69, 9.17) is 11.5 Å². The van der Waals surface area contributed by atoms with E-state index in [1.165, 1.54) is 6.08 Å². The summed E-state index contributed by atoms with van der Waals surface area (Å²) in [5, 5.41) is 0. The zero-order chi connectivity index (χ0) is 12.1. The van der Waals surface area contributed by atoms with Gasteiger partial charge in [0, 0.05) is 0 Å². The minimum Gasteiger partial charge on any atom is -0.366 e. The van der Waals surface area contributed by atoms with Crippen LogP contribution in [0.1, 0.15) is 13.3 Å². The molecule has 0 aromatic rings. The van der Waals surface area contributed by atoms with Gasteiger partial charge in [0.05, 0.1) is 11.1 Å². The van der Waals surface area contributed by atoms with Gasteiger partial charge in [0.15, 0.2) is 0 Å². The molecule has 84 valence electrons. The van der Waals surface area contributed by atoms with Crippen molar-refractivity contribution in [3.8, 4) is 0 Å². The maximum absolute atomic E-state index is 11.2. The van der Waals surface area contributed by atoms with E-state index in [1.807, 2.05) is 13.0 Å². The Morgan fingerprint density at radius 1 is 1.06 bits per heavy atom. The predicted octanol–water partition coefficient (Wildman–Crippen LogP) is 0.716. The summed E-state index contributed by atoms with van der Waals surface area (Å²) in [4.78, 5) is 22.4. The Hall–Kier alpha value is -2.10. The summed E-state index contributed by atoms with van der Waals surface area (Å²) in [6, 6.07) is 0. The highest BCUT2D eigenvalue weighted by molar-refractivity contribution is 6.10. The van der Waals surface area contributed by atoms with Crippen LogP contribution in [0.25, 0.3) is 0 Å². The van der Waals surface area contributed by atoms with Crippen molar-refractivity contribution in [2.45, 2.75) is 13.3 Å². The van der Waals surface area contributed by atoms with E-state index < -0.39 is 11.8 Å². The van der Waals surface area contributed by atoms with Gasteiger partial charge in [-0.1, -0.05) is 25.2 Å². The Morgan fingerprint density at radius 3 is 2.12 bits per heavy atom. The summed E-state index contributed by atoms with van der Waals surface area (Å²) < 4.78 is 0. The molecule has 0 saturated carbocycles. The molecule has 0 aromatic carbocycles. The molecule has 0 aromatic heterocycles. The van der Waals surface area contributed by atoms with Crippen LogP contribution >= 0.6 is 0 Å². The van der Waals surface area contributed by atoms with Crippen molar-refractivity contribution in [1.29, 1.82) is 0 Å². The summed E-state index contributed by atoms with van der Waals surface area (Å²) in [6.45, 7) is 1.95. The first kappa shape index (κ1) is 12.0. The molecule has 0 spiro atoms. The summed E-state index contributed by atoms with van der Waals surface area (Å²) in [5.74, 6) is -1.31. The topological polar surface area (TPSA) is 86.2 Å². The van der Waals surface area contributed by atoms with Crippen LogP contribution in [0.5, 0.6) is 0 Å². The maximum atomic E-state index is 11.2. The van der Waals surface area contributed by atoms with Crippen LogP contribution in [0.4, 0.5) is 0 Å². The largest absolute Gasteiger partial charge is 0.366 e. The first-order valence-corrected chi connectivity index (χ1v) is 4.95. The monoisotopic (exact) mass is 218 g/mol. The number of hydrogen-bond acceptors (Lipinski definition) is 2. The number of primary amides is 2. The van der Waals surface area contributed by atoms with E-state index >= 15 is 0 Å². The van der Waals surface area contributed by atoms with Crippen molar-refractivity contribution in [3.63, 3.8) is 0 Å². The zero-order valence-electron chi connectivity index (χ0n) is 9.07. The van der Waals surface area contributed by atoms with E-state index in [-0.39, 0.29) is 11.1 Å². The molecule has 0 heterocycles. The molecule has 0 saturated heterocycles. The van der Waals surface area contributed by atoms with Gasteiger partial charge in [-0.05, 0) is 24.1 Å². The number of hydrogen-bond donors (Lipinski definition) is 2. The van der Waals surface area contributed by atoms with Gasteiger partial charge in [-0.3, -0.25) is 9.59 Å². The quantitative estimate of drug-likeness (QED) is 0.731. The highest BCUT2D eigenvalue weighted by Gasteiger charge is 2.16. The molecule has 0 aliphatic heterocycles. The van der Waals surface area contributed by atoms with Crippen LogP contribution in [0.15, 0.2) is 47.1 Å². The van der Waals surface area contributed by atoms with Crippen LogP contribution in [-0.2, 0) is 9.59 Å². The lowest BCUT2D eigenvalue weighted by atomic mass is 9.98. The van der Waals surface area contributed by atoms with E-state index in [2.05, 4.69) is 0 Å². The van der Waals surface area contributed by atoms with Gasteiger partial charge in [-0.2, -0.15) is 0 Å². The molecule has 0 fully saturated rings. The third-order valence-corrected chi connectivity index (χ3v) is 2.24. The number of nitrogens with two attached hydrogens (primary N) is 2. The smallest absolute Gasteiger partial charge is 0.249 e. The molecule has 0 unspecified atom stereocenters. The fraction of sp³-hybridized carbons (Fsp3) is 0.167. The van der Waals surface area contributed by atoms with Crippen molar-refractivity contribution in [2.24, 2.45) is 11.5 Å². The summed E-state index contributed by atoms with van der Waals surface area (Å²) in [6.07, 6.45) is 9.14. The maximum Gasteiger partial charge on any atom is 0.249 e. The Morgan fingerprint density at radius 2 is 1.62 bits per heavy atom. The van der Waals surface area contributed by atoms with Crippen LogP contribution in [0, 0.1) is 0 Å². The third-order valence-electron chi connectivity index (χ3n) is 2.24. The average Bonchev–Trinajstić information content (AvgIpc) is 2.16. The normalized spacial score (nSPS) is 27.2.